The number of rotatable bonds is 0. The van der Waals surface area contributed by atoms with E-state index in [1.165, 1.54) is 42.6 Å². The van der Waals surface area contributed by atoms with Crippen LogP contribution in [0.15, 0.2) is 12.1 Å². The molecule has 0 unspecified atom stereocenters. The van der Waals surface area contributed by atoms with Gasteiger partial charge in [0.1, 0.15) is 0 Å². The summed E-state index contributed by atoms with van der Waals surface area (Å²) in [6.45, 7) is 4.81. The first-order chi connectivity index (χ1) is 10.0. The molecule has 0 bridgehead atoms. The van der Waals surface area contributed by atoms with Crippen LogP contribution < -0.4 is 0 Å². The number of H-pyrrole nitrogens is 1. The van der Waals surface area contributed by atoms with Gasteiger partial charge in [0.25, 0.3) is 0 Å². The van der Waals surface area contributed by atoms with Crippen molar-refractivity contribution < 1.29 is 0 Å². The number of fused-ring (bicyclic) bond motifs is 4. The average molecular weight is 323 g/mol. The molecule has 1 aliphatic carbocycles. The molecule has 1 N–H and O–H groups in total. The standard InChI is InChI=1S/C17H20Cl2N2/c1-9-12-8-21(2)4-3-10(12)5-16-17(9)11-6-13(18)14(19)7-15(11)20-16/h6-7,9-10,12,20H,3-5,8H2,1-2H3/t9-,10-,12-/m0/s1. The molecule has 1 aromatic carbocycles. The minimum absolute atomic E-state index is 0.576. The van der Waals surface area contributed by atoms with Gasteiger partial charge in [-0.15, -0.1) is 0 Å². The van der Waals surface area contributed by atoms with Crippen LogP contribution in [0.5, 0.6) is 0 Å². The lowest BCUT2D eigenvalue weighted by molar-refractivity contribution is 0.116. The highest BCUT2D eigenvalue weighted by molar-refractivity contribution is 6.42. The first-order valence-corrected chi connectivity index (χ1v) is 8.48. The third-order valence-corrected chi connectivity index (χ3v) is 6.26. The van der Waals surface area contributed by atoms with Crippen LogP contribution in [0.3, 0.4) is 0 Å². The van der Waals surface area contributed by atoms with Crippen molar-refractivity contribution in [2.75, 3.05) is 20.1 Å². The molecule has 3 atom stereocenters. The minimum Gasteiger partial charge on any atom is -0.358 e. The van der Waals surface area contributed by atoms with Crippen LogP contribution in [0.4, 0.5) is 0 Å². The third kappa shape index (κ3) is 2.11. The molecule has 2 aromatic rings. The minimum atomic E-state index is 0.576. The van der Waals surface area contributed by atoms with E-state index in [-0.39, 0.29) is 0 Å². The summed E-state index contributed by atoms with van der Waals surface area (Å²) < 4.78 is 0. The van der Waals surface area contributed by atoms with Crippen LogP contribution in [0, 0.1) is 11.8 Å². The van der Waals surface area contributed by atoms with Crippen LogP contribution in [0.2, 0.25) is 10.0 Å². The van der Waals surface area contributed by atoms with Gasteiger partial charge in [0.2, 0.25) is 0 Å². The highest BCUT2D eigenvalue weighted by Crippen LogP contribution is 2.46. The van der Waals surface area contributed by atoms with Gasteiger partial charge in [-0.25, -0.2) is 0 Å². The van der Waals surface area contributed by atoms with Crippen molar-refractivity contribution >= 4 is 34.1 Å². The number of benzene rings is 1. The Morgan fingerprint density at radius 2 is 2.00 bits per heavy atom. The molecule has 21 heavy (non-hydrogen) atoms. The molecule has 112 valence electrons. The normalized spacial score (nSPS) is 29.4. The maximum atomic E-state index is 6.24. The van der Waals surface area contributed by atoms with E-state index in [9.17, 15) is 0 Å². The topological polar surface area (TPSA) is 19.0 Å². The van der Waals surface area contributed by atoms with E-state index in [1.807, 2.05) is 12.1 Å². The number of likely N-dealkylation sites (tertiary alicyclic amines) is 1. The van der Waals surface area contributed by atoms with E-state index < -0.39 is 0 Å². The maximum Gasteiger partial charge on any atom is 0.0613 e. The van der Waals surface area contributed by atoms with Crippen LogP contribution >= 0.6 is 23.2 Å². The number of halogens is 2. The van der Waals surface area contributed by atoms with Crippen molar-refractivity contribution in [2.45, 2.75) is 25.7 Å². The molecule has 2 aliphatic rings. The fraction of sp³-hybridized carbons (Fsp3) is 0.529. The van der Waals surface area contributed by atoms with Gasteiger partial charge >= 0.3 is 0 Å². The molecule has 2 nitrogen and oxygen atoms in total. The first-order valence-electron chi connectivity index (χ1n) is 7.72. The number of nitrogens with zero attached hydrogens (tertiary/aromatic N) is 1. The van der Waals surface area contributed by atoms with Gasteiger partial charge in [-0.1, -0.05) is 30.1 Å². The zero-order chi connectivity index (χ0) is 14.7. The number of nitrogens with one attached hydrogen (secondary N) is 1. The van der Waals surface area contributed by atoms with Crippen LogP contribution in [-0.2, 0) is 6.42 Å². The maximum absolute atomic E-state index is 6.24. The molecule has 0 radical (unpaired) electrons. The lowest BCUT2D eigenvalue weighted by atomic mass is 9.68. The zero-order valence-corrected chi connectivity index (χ0v) is 13.9. The van der Waals surface area contributed by atoms with Crippen molar-refractivity contribution in [1.82, 2.24) is 9.88 Å². The smallest absolute Gasteiger partial charge is 0.0613 e. The number of hydrogen-bond donors (Lipinski definition) is 1. The van der Waals surface area contributed by atoms with Gasteiger partial charge in [0.05, 0.1) is 10.0 Å². The summed E-state index contributed by atoms with van der Waals surface area (Å²) in [5.41, 5.74) is 4.01. The highest BCUT2D eigenvalue weighted by atomic mass is 35.5. The van der Waals surface area contributed by atoms with Crippen LogP contribution in [0.1, 0.15) is 30.5 Å². The molecule has 1 saturated heterocycles. The molecule has 1 fully saturated rings. The van der Waals surface area contributed by atoms with Crippen molar-refractivity contribution in [3.8, 4) is 0 Å². The molecule has 1 aromatic heterocycles. The summed E-state index contributed by atoms with van der Waals surface area (Å²) >= 11 is 12.4. The number of aromatic amines is 1. The molecule has 0 spiro atoms. The molecule has 4 heteroatoms. The summed E-state index contributed by atoms with van der Waals surface area (Å²) in [6.07, 6.45) is 2.48. The summed E-state index contributed by atoms with van der Waals surface area (Å²) in [4.78, 5) is 6.08. The van der Waals surface area contributed by atoms with E-state index in [2.05, 4.69) is 23.9 Å². The third-order valence-electron chi connectivity index (χ3n) is 5.53. The summed E-state index contributed by atoms with van der Waals surface area (Å²) in [6, 6.07) is 4.01. The second kappa shape index (κ2) is 4.91. The Labute approximate surface area is 135 Å². The SMILES string of the molecule is C[C@@H]1c2c([nH]c3cc(Cl)c(Cl)cc23)C[C@@H]2CCN(C)C[C@H]21. The van der Waals surface area contributed by atoms with Crippen molar-refractivity contribution in [2.24, 2.45) is 11.8 Å². The van der Waals surface area contributed by atoms with E-state index in [1.54, 1.807) is 0 Å². The molecule has 1 aliphatic heterocycles. The van der Waals surface area contributed by atoms with Gasteiger partial charge in [-0.05, 0) is 61.9 Å². The van der Waals surface area contributed by atoms with E-state index >= 15 is 0 Å². The quantitative estimate of drug-likeness (QED) is 0.744. The highest BCUT2D eigenvalue weighted by Gasteiger charge is 2.39. The van der Waals surface area contributed by atoms with E-state index in [0.29, 0.717) is 16.0 Å². The fourth-order valence-electron chi connectivity index (χ4n) is 4.44. The fourth-order valence-corrected chi connectivity index (χ4v) is 4.77. The molecular weight excluding hydrogens is 303 g/mol. The van der Waals surface area contributed by atoms with Crippen molar-refractivity contribution in [3.63, 3.8) is 0 Å². The van der Waals surface area contributed by atoms with Crippen LogP contribution in [0.25, 0.3) is 10.9 Å². The van der Waals surface area contributed by atoms with E-state index in [0.717, 1.165) is 17.4 Å². The summed E-state index contributed by atoms with van der Waals surface area (Å²) in [7, 11) is 2.24. The number of aromatic nitrogens is 1. The molecule has 2 heterocycles. The summed E-state index contributed by atoms with van der Waals surface area (Å²) in [5, 5.41) is 2.55. The Bertz CT molecular complexity index is 706. The Morgan fingerprint density at radius 1 is 1.24 bits per heavy atom. The second-order valence-corrected chi connectivity index (χ2v) is 7.61. The molecule has 0 amide bonds. The lowest BCUT2D eigenvalue weighted by Crippen LogP contribution is -2.43. The summed E-state index contributed by atoms with van der Waals surface area (Å²) in [5.74, 6) is 2.14. The molecule has 0 saturated carbocycles. The van der Waals surface area contributed by atoms with Crippen molar-refractivity contribution in [1.29, 1.82) is 0 Å². The molecule has 4 rings (SSSR count). The molecular formula is C17H20Cl2N2. The van der Waals surface area contributed by atoms with Gasteiger partial charge < -0.3 is 9.88 Å². The Morgan fingerprint density at radius 3 is 2.81 bits per heavy atom. The first kappa shape index (κ1) is 13.9. The Hall–Kier alpha value is -0.700. The monoisotopic (exact) mass is 322 g/mol. The average Bonchev–Trinajstić information content (AvgIpc) is 2.78. The van der Waals surface area contributed by atoms with Gasteiger partial charge in [-0.3, -0.25) is 0 Å². The Kier molecular flexibility index (Phi) is 3.25. The van der Waals surface area contributed by atoms with Crippen molar-refractivity contribution in [3.05, 3.63) is 33.4 Å². The Balaban J connectivity index is 1.86. The van der Waals surface area contributed by atoms with E-state index in [4.69, 9.17) is 23.2 Å². The van der Waals surface area contributed by atoms with Gasteiger partial charge in [0, 0.05) is 23.1 Å². The number of hydrogen-bond acceptors (Lipinski definition) is 1. The predicted octanol–water partition coefficient (Wildman–Crippen LogP) is 4.70. The predicted molar refractivity (Wildman–Crippen MR) is 89.5 cm³/mol. The largest absolute Gasteiger partial charge is 0.358 e. The van der Waals surface area contributed by atoms with Gasteiger partial charge in [0.15, 0.2) is 0 Å². The number of piperidine rings is 1. The van der Waals surface area contributed by atoms with Crippen LogP contribution in [-0.4, -0.2) is 30.0 Å². The second-order valence-electron chi connectivity index (χ2n) is 6.80. The van der Waals surface area contributed by atoms with Gasteiger partial charge in [-0.2, -0.15) is 0 Å². The lowest BCUT2D eigenvalue weighted by Gasteiger charge is -2.43. The zero-order valence-electron chi connectivity index (χ0n) is 12.4.